The third-order valence-electron chi connectivity index (χ3n) is 12.2. The van der Waals surface area contributed by atoms with Crippen molar-refractivity contribution in [1.82, 2.24) is 29.5 Å². The van der Waals surface area contributed by atoms with Gasteiger partial charge in [0.15, 0.2) is 5.82 Å². The molecule has 0 radical (unpaired) electrons. The zero-order valence-corrected chi connectivity index (χ0v) is 31.6. The van der Waals surface area contributed by atoms with Crippen molar-refractivity contribution in [3.63, 3.8) is 0 Å². The predicted octanol–water partition coefficient (Wildman–Crippen LogP) is 6.53. The van der Waals surface area contributed by atoms with Crippen LogP contribution in [0.15, 0.2) is 30.5 Å². The van der Waals surface area contributed by atoms with E-state index in [9.17, 15) is 13.9 Å². The minimum atomic E-state index is -1.21. The summed E-state index contributed by atoms with van der Waals surface area (Å²) >= 11 is 0. The van der Waals surface area contributed by atoms with Crippen LogP contribution in [0.4, 0.5) is 23.4 Å². The van der Waals surface area contributed by atoms with E-state index in [0.29, 0.717) is 35.1 Å². The molecule has 2 aromatic heterocycles. The number of piperidine rings is 1. The first-order valence-electron chi connectivity index (χ1n) is 19.5. The Morgan fingerprint density at radius 3 is 2.43 bits per heavy atom. The number of aromatic nitrogens is 4. The molecule has 0 amide bonds. The largest absolute Gasteiger partial charge is 0.508 e. The Bertz CT molecular complexity index is 2350. The summed E-state index contributed by atoms with van der Waals surface area (Å²) in [5, 5.41) is 17.4. The SMILES string of the molecule is C#Cc1c(F)ccc2cc(O)cc(-c3c(F)c4nc(OCC5(CN6C[C@H](F)C[C@H](F)C6)CC5)nc(N5C6CCC5CN(CCCOC)C6)c4c4cn(C)nc34)c12. The zero-order valence-electron chi connectivity index (χ0n) is 31.6. The second-order valence-electron chi connectivity index (χ2n) is 16.3. The number of hydrogen-bond donors (Lipinski definition) is 1. The molecule has 10 nitrogen and oxygen atoms in total. The molecular weight excluding hydrogens is 726 g/mol. The van der Waals surface area contributed by atoms with Gasteiger partial charge in [-0.2, -0.15) is 15.1 Å². The van der Waals surface area contributed by atoms with Gasteiger partial charge in [0.25, 0.3) is 0 Å². The Morgan fingerprint density at radius 1 is 0.982 bits per heavy atom. The summed E-state index contributed by atoms with van der Waals surface area (Å²) in [6.45, 7) is 4.25. The lowest BCUT2D eigenvalue weighted by molar-refractivity contribution is 0.0514. The number of aryl methyl sites for hydroxylation is 1. The summed E-state index contributed by atoms with van der Waals surface area (Å²) in [5.74, 6) is 1.45. The van der Waals surface area contributed by atoms with E-state index in [4.69, 9.17) is 31.0 Å². The number of piperazine rings is 1. The number of anilines is 1. The molecule has 4 atom stereocenters. The Labute approximate surface area is 322 Å². The summed E-state index contributed by atoms with van der Waals surface area (Å²) in [7, 11) is 3.45. The third-order valence-corrected chi connectivity index (χ3v) is 12.2. The summed E-state index contributed by atoms with van der Waals surface area (Å²) in [6, 6.07) is 5.77. The van der Waals surface area contributed by atoms with Crippen molar-refractivity contribution in [1.29, 1.82) is 0 Å². The Hall–Kier alpha value is -4.71. The monoisotopic (exact) mass is 771 g/mol. The first-order valence-corrected chi connectivity index (χ1v) is 19.5. The number of nitrogens with zero attached hydrogens (tertiary/aromatic N) is 7. The summed E-state index contributed by atoms with van der Waals surface area (Å²) in [5.41, 5.74) is 0.0992. The molecule has 4 aliphatic rings. The highest BCUT2D eigenvalue weighted by atomic mass is 19.1. The molecule has 5 aromatic rings. The topological polar surface area (TPSA) is 92.0 Å². The van der Waals surface area contributed by atoms with Crippen LogP contribution in [0.25, 0.3) is 43.7 Å². The van der Waals surface area contributed by atoms with Crippen LogP contribution in [0.2, 0.25) is 0 Å². The minimum absolute atomic E-state index is 0.000928. The number of aromatic hydroxyl groups is 1. The van der Waals surface area contributed by atoms with Crippen LogP contribution in [-0.4, -0.2) is 119 Å². The molecule has 1 saturated carbocycles. The fourth-order valence-corrected chi connectivity index (χ4v) is 9.53. The van der Waals surface area contributed by atoms with Gasteiger partial charge >= 0.3 is 6.01 Å². The zero-order chi connectivity index (χ0) is 38.9. The second kappa shape index (κ2) is 14.3. The number of hydrogen-bond acceptors (Lipinski definition) is 9. The van der Waals surface area contributed by atoms with E-state index in [-0.39, 0.29) is 88.5 Å². The molecule has 294 valence electrons. The van der Waals surface area contributed by atoms with Crippen LogP contribution in [0.3, 0.4) is 0 Å². The lowest BCUT2D eigenvalue weighted by atomic mass is 9.91. The predicted molar refractivity (Wildman–Crippen MR) is 207 cm³/mol. The van der Waals surface area contributed by atoms with Gasteiger partial charge in [0.1, 0.15) is 40.8 Å². The highest BCUT2D eigenvalue weighted by Gasteiger charge is 2.47. The number of terminal acetylenes is 1. The molecule has 3 aromatic carbocycles. The molecular formula is C42H45F4N7O3. The van der Waals surface area contributed by atoms with Crippen molar-refractivity contribution in [2.24, 2.45) is 12.5 Å². The van der Waals surface area contributed by atoms with E-state index in [1.807, 2.05) is 4.90 Å². The molecule has 14 heteroatoms. The fraction of sp³-hybridized carbons (Fsp3) is 0.500. The normalized spacial score (nSPS) is 23.7. The highest BCUT2D eigenvalue weighted by Crippen LogP contribution is 2.49. The smallest absolute Gasteiger partial charge is 0.319 e. The summed E-state index contributed by atoms with van der Waals surface area (Å²) in [6.07, 6.45) is 9.56. The molecule has 3 aliphatic heterocycles. The average Bonchev–Trinajstić information content (AvgIpc) is 3.73. The van der Waals surface area contributed by atoms with Gasteiger partial charge in [0.05, 0.1) is 17.6 Å². The number of likely N-dealkylation sites (tertiary alicyclic amines) is 2. The summed E-state index contributed by atoms with van der Waals surface area (Å²) in [4.78, 5) is 16.4. The van der Waals surface area contributed by atoms with Crippen molar-refractivity contribution in [2.45, 2.75) is 63.0 Å². The minimum Gasteiger partial charge on any atom is -0.508 e. The van der Waals surface area contributed by atoms with Crippen molar-refractivity contribution >= 4 is 38.4 Å². The molecule has 9 rings (SSSR count). The van der Waals surface area contributed by atoms with Crippen LogP contribution in [0.5, 0.6) is 11.8 Å². The van der Waals surface area contributed by atoms with Gasteiger partial charge in [-0.05, 0) is 61.3 Å². The van der Waals surface area contributed by atoms with Crippen LogP contribution in [-0.2, 0) is 11.8 Å². The molecule has 1 N–H and O–H groups in total. The van der Waals surface area contributed by atoms with Gasteiger partial charge in [-0.3, -0.25) is 14.5 Å². The third kappa shape index (κ3) is 6.57. The molecule has 3 saturated heterocycles. The quantitative estimate of drug-likeness (QED) is 0.0915. The van der Waals surface area contributed by atoms with Gasteiger partial charge in [-0.25, -0.2) is 17.6 Å². The van der Waals surface area contributed by atoms with Crippen LogP contribution in [0, 0.1) is 29.4 Å². The van der Waals surface area contributed by atoms with Crippen molar-refractivity contribution < 1.29 is 32.1 Å². The Kier molecular flexibility index (Phi) is 9.45. The van der Waals surface area contributed by atoms with Crippen LogP contribution in [0.1, 0.15) is 44.1 Å². The molecule has 2 unspecified atom stereocenters. The first-order chi connectivity index (χ1) is 27.0. The van der Waals surface area contributed by atoms with Gasteiger partial charge in [-0.15, -0.1) is 6.42 Å². The molecule has 56 heavy (non-hydrogen) atoms. The standard InChI is InChI=1S/C42H45F4N7O3/c1-4-30-33(45)9-6-24-14-29(54)16-31(34(24)30)35-37(46)39-36(32-21-50(2)49-38(32)35)40(53-27-7-8-28(53)20-51(19-27)12-5-13-55-3)48-41(47-39)56-23-42(10-11-42)22-52-17-25(43)15-26(44)18-52/h1,6,9,14,16,21,25-28,54H,5,7-8,10-13,15,17-20,22-23H2,2-3H3/t25-,26+,27?,28?. The number of methoxy groups -OCH3 is 1. The maximum absolute atomic E-state index is 17.8. The van der Waals surface area contributed by atoms with E-state index in [0.717, 1.165) is 51.7 Å². The number of rotatable bonds is 11. The summed E-state index contributed by atoms with van der Waals surface area (Å²) < 4.78 is 75.0. The lowest BCUT2D eigenvalue weighted by Crippen LogP contribution is -2.54. The fourth-order valence-electron chi connectivity index (χ4n) is 9.53. The molecule has 4 fully saturated rings. The average molecular weight is 772 g/mol. The molecule has 0 spiro atoms. The van der Waals surface area contributed by atoms with E-state index in [1.54, 1.807) is 25.0 Å². The lowest BCUT2D eigenvalue weighted by Gasteiger charge is -2.42. The second-order valence-corrected chi connectivity index (χ2v) is 16.3. The number of benzene rings is 3. The van der Waals surface area contributed by atoms with E-state index in [1.165, 1.54) is 24.3 Å². The maximum Gasteiger partial charge on any atom is 0.319 e. The van der Waals surface area contributed by atoms with Crippen molar-refractivity contribution in [3.8, 4) is 35.2 Å². The van der Waals surface area contributed by atoms with Gasteiger partial charge in [0, 0.05) is 106 Å². The number of phenols is 1. The maximum atomic E-state index is 17.8. The van der Waals surface area contributed by atoms with Crippen molar-refractivity contribution in [3.05, 3.63) is 47.7 Å². The number of ether oxygens (including phenoxy) is 2. The van der Waals surface area contributed by atoms with Crippen molar-refractivity contribution in [2.75, 3.05) is 64.5 Å². The number of phenolic OH excluding ortho intramolecular Hbond substituents is 1. The van der Waals surface area contributed by atoms with Crippen LogP contribution >= 0.6 is 0 Å². The Balaban J connectivity index is 1.20. The number of halogens is 4. The van der Waals surface area contributed by atoms with Crippen LogP contribution < -0.4 is 9.64 Å². The van der Waals surface area contributed by atoms with Gasteiger partial charge in [-0.1, -0.05) is 12.0 Å². The molecule has 1 aliphatic carbocycles. The van der Waals surface area contributed by atoms with E-state index >= 15 is 8.78 Å². The van der Waals surface area contributed by atoms with Gasteiger partial charge < -0.3 is 19.5 Å². The van der Waals surface area contributed by atoms with Gasteiger partial charge in [0.2, 0.25) is 0 Å². The first kappa shape index (κ1) is 36.9. The molecule has 2 bridgehead atoms. The molecule has 5 heterocycles. The Morgan fingerprint density at radius 2 is 1.73 bits per heavy atom. The van der Waals surface area contributed by atoms with E-state index in [2.05, 4.69) is 15.7 Å². The highest BCUT2D eigenvalue weighted by molar-refractivity contribution is 6.18. The number of alkyl halides is 2. The number of fused-ring (bicyclic) bond motifs is 6. The van der Waals surface area contributed by atoms with E-state index < -0.39 is 24.0 Å².